The quantitative estimate of drug-likeness (QED) is 0.508. The zero-order chi connectivity index (χ0) is 16.1. The molecule has 2 rings (SSSR count). The molecular weight excluding hydrogens is 304 g/mol. The van der Waals surface area contributed by atoms with E-state index in [1.54, 1.807) is 4.90 Å². The van der Waals surface area contributed by atoms with E-state index in [1.807, 2.05) is 0 Å². The van der Waals surface area contributed by atoms with Crippen molar-refractivity contribution in [1.82, 2.24) is 4.90 Å². The Hall–Kier alpha value is -0.340. The Morgan fingerprint density at radius 3 is 2.41 bits per heavy atom. The van der Waals surface area contributed by atoms with Crippen LogP contribution in [0.3, 0.4) is 0 Å². The van der Waals surface area contributed by atoms with Crippen LogP contribution in [0.5, 0.6) is 0 Å². The lowest BCUT2D eigenvalue weighted by molar-refractivity contribution is -0.190. The van der Waals surface area contributed by atoms with Crippen LogP contribution in [0.4, 0.5) is 0 Å². The molecule has 0 unspecified atom stereocenters. The van der Waals surface area contributed by atoms with Gasteiger partial charge in [-0.3, -0.25) is 4.99 Å². The normalized spacial score (nSPS) is 36.9. The summed E-state index contributed by atoms with van der Waals surface area (Å²) in [6, 6.07) is -0.387. The van der Waals surface area contributed by atoms with Crippen LogP contribution in [-0.4, -0.2) is 73.4 Å². The summed E-state index contributed by atoms with van der Waals surface area (Å²) in [5, 5.41) is 40.3. The van der Waals surface area contributed by atoms with Crippen molar-refractivity contribution in [2.45, 2.75) is 76.0 Å². The van der Waals surface area contributed by atoms with E-state index in [1.165, 1.54) is 37.4 Å². The van der Waals surface area contributed by atoms with Crippen molar-refractivity contribution in [3.8, 4) is 0 Å². The number of hydrogen-bond acceptors (Lipinski definition) is 6. The molecule has 0 saturated carbocycles. The first-order chi connectivity index (χ1) is 10.6. The zero-order valence-corrected chi connectivity index (χ0v) is 14.0. The standard InChI is InChI=1S/C15H28N2O4S/c1-2-3-4-5-6-7-8-16-15-17-10(9-22-15)11(18)12(19)13(20)14(17)21/h10-14,18-21H,2-9H2,1H3/t10-,11-,12+,13-,14-/m1/s1. The van der Waals surface area contributed by atoms with Gasteiger partial charge in [-0.25, -0.2) is 0 Å². The van der Waals surface area contributed by atoms with Crippen molar-refractivity contribution >= 4 is 16.9 Å². The van der Waals surface area contributed by atoms with Crippen molar-refractivity contribution in [2.24, 2.45) is 4.99 Å². The Kier molecular flexibility index (Phi) is 6.95. The average molecular weight is 332 g/mol. The number of nitrogens with zero attached hydrogens (tertiary/aromatic N) is 2. The summed E-state index contributed by atoms with van der Waals surface area (Å²) in [7, 11) is 0. The molecule has 0 bridgehead atoms. The molecule has 5 atom stereocenters. The van der Waals surface area contributed by atoms with E-state index in [9.17, 15) is 20.4 Å². The Labute approximate surface area is 136 Å². The highest BCUT2D eigenvalue weighted by Gasteiger charge is 2.51. The third-order valence-corrected chi connectivity index (χ3v) is 5.51. The highest BCUT2D eigenvalue weighted by atomic mass is 32.2. The average Bonchev–Trinajstić information content (AvgIpc) is 2.94. The van der Waals surface area contributed by atoms with E-state index in [-0.39, 0.29) is 6.04 Å². The van der Waals surface area contributed by atoms with Crippen LogP contribution in [0.15, 0.2) is 4.99 Å². The van der Waals surface area contributed by atoms with Gasteiger partial charge >= 0.3 is 0 Å². The molecule has 7 heteroatoms. The molecule has 0 aliphatic carbocycles. The summed E-state index contributed by atoms with van der Waals surface area (Å²) >= 11 is 1.46. The summed E-state index contributed by atoms with van der Waals surface area (Å²) in [6.07, 6.45) is 2.23. The number of amidine groups is 1. The molecule has 2 fully saturated rings. The van der Waals surface area contributed by atoms with E-state index < -0.39 is 24.5 Å². The van der Waals surface area contributed by atoms with Gasteiger partial charge in [0.25, 0.3) is 0 Å². The number of aliphatic imine (C=N–C) groups is 1. The van der Waals surface area contributed by atoms with Gasteiger partial charge in [-0.15, -0.1) is 0 Å². The zero-order valence-electron chi connectivity index (χ0n) is 13.1. The molecule has 2 aliphatic heterocycles. The number of fused-ring (bicyclic) bond motifs is 1. The van der Waals surface area contributed by atoms with Crippen LogP contribution >= 0.6 is 11.8 Å². The van der Waals surface area contributed by atoms with Crippen molar-refractivity contribution in [3.05, 3.63) is 0 Å². The molecule has 2 heterocycles. The SMILES string of the molecule is CCCCCCCCN=C1SC[C@@H]2[C@@H](O)[C@H](O)[C@@H](O)[C@@H](O)N12. The second kappa shape index (κ2) is 8.49. The fourth-order valence-corrected chi connectivity index (χ4v) is 4.25. The van der Waals surface area contributed by atoms with E-state index in [4.69, 9.17) is 0 Å². The Morgan fingerprint density at radius 1 is 1.00 bits per heavy atom. The van der Waals surface area contributed by atoms with Gasteiger partial charge in [-0.1, -0.05) is 50.8 Å². The van der Waals surface area contributed by atoms with E-state index in [0.717, 1.165) is 12.8 Å². The van der Waals surface area contributed by atoms with Gasteiger partial charge in [0, 0.05) is 12.3 Å². The predicted molar refractivity (Wildman–Crippen MR) is 87.8 cm³/mol. The maximum Gasteiger partial charge on any atom is 0.161 e. The molecule has 0 aromatic carbocycles. The first-order valence-electron chi connectivity index (χ1n) is 8.25. The van der Waals surface area contributed by atoms with Gasteiger partial charge in [-0.05, 0) is 6.42 Å². The molecule has 0 aromatic rings. The Balaban J connectivity index is 1.84. The van der Waals surface area contributed by atoms with Crippen molar-refractivity contribution < 1.29 is 20.4 Å². The molecule has 0 spiro atoms. The molecule has 22 heavy (non-hydrogen) atoms. The fourth-order valence-electron chi connectivity index (χ4n) is 2.99. The van der Waals surface area contributed by atoms with Crippen LogP contribution < -0.4 is 0 Å². The van der Waals surface area contributed by atoms with Gasteiger partial charge in [0.05, 0.1) is 6.04 Å². The predicted octanol–water partition coefficient (Wildman–Crippen LogP) is 0.535. The van der Waals surface area contributed by atoms with Crippen LogP contribution in [0.1, 0.15) is 45.4 Å². The maximum atomic E-state index is 10.1. The summed E-state index contributed by atoms with van der Waals surface area (Å²) in [5.74, 6) is 0.567. The van der Waals surface area contributed by atoms with Crippen molar-refractivity contribution in [3.63, 3.8) is 0 Å². The first kappa shape index (κ1) is 18.0. The lowest BCUT2D eigenvalue weighted by atomic mass is 9.94. The summed E-state index contributed by atoms with van der Waals surface area (Å²) in [4.78, 5) is 6.07. The molecule has 128 valence electrons. The van der Waals surface area contributed by atoms with Gasteiger partial charge in [0.2, 0.25) is 0 Å². The molecule has 0 radical (unpaired) electrons. The molecule has 2 saturated heterocycles. The lowest BCUT2D eigenvalue weighted by Crippen LogP contribution is -2.65. The van der Waals surface area contributed by atoms with Crippen molar-refractivity contribution in [2.75, 3.05) is 12.3 Å². The van der Waals surface area contributed by atoms with Gasteiger partial charge in [0.1, 0.15) is 18.3 Å². The number of unbranched alkanes of at least 4 members (excludes halogenated alkanes) is 5. The molecule has 6 nitrogen and oxygen atoms in total. The molecule has 0 amide bonds. The molecular formula is C15H28N2O4S. The monoisotopic (exact) mass is 332 g/mol. The summed E-state index contributed by atoms with van der Waals surface area (Å²) in [5.41, 5.74) is 0. The lowest BCUT2D eigenvalue weighted by Gasteiger charge is -2.44. The number of piperidine rings is 1. The molecule has 0 aromatic heterocycles. The third kappa shape index (κ3) is 3.94. The second-order valence-electron chi connectivity index (χ2n) is 6.10. The van der Waals surface area contributed by atoms with Crippen LogP contribution in [-0.2, 0) is 0 Å². The number of rotatable bonds is 7. The minimum Gasteiger partial charge on any atom is -0.388 e. The number of hydrogen-bond donors (Lipinski definition) is 4. The highest BCUT2D eigenvalue weighted by molar-refractivity contribution is 8.14. The second-order valence-corrected chi connectivity index (χ2v) is 7.09. The number of thioether (sulfide) groups is 1. The smallest absolute Gasteiger partial charge is 0.161 e. The molecule has 4 N–H and O–H groups in total. The van der Waals surface area contributed by atoms with Gasteiger partial charge < -0.3 is 25.3 Å². The summed E-state index contributed by atoms with van der Waals surface area (Å²) in [6.45, 7) is 2.89. The highest BCUT2D eigenvalue weighted by Crippen LogP contribution is 2.34. The van der Waals surface area contributed by atoms with Gasteiger partial charge in [-0.2, -0.15) is 0 Å². The third-order valence-electron chi connectivity index (χ3n) is 4.40. The van der Waals surface area contributed by atoms with Crippen LogP contribution in [0, 0.1) is 0 Å². The van der Waals surface area contributed by atoms with Crippen LogP contribution in [0.25, 0.3) is 0 Å². The summed E-state index contributed by atoms with van der Waals surface area (Å²) < 4.78 is 0. The van der Waals surface area contributed by atoms with E-state index in [0.29, 0.717) is 17.5 Å². The Morgan fingerprint density at radius 2 is 1.68 bits per heavy atom. The minimum atomic E-state index is -1.37. The maximum absolute atomic E-state index is 10.1. The van der Waals surface area contributed by atoms with Gasteiger partial charge in [0.15, 0.2) is 11.4 Å². The number of aliphatic hydroxyl groups excluding tert-OH is 4. The first-order valence-corrected chi connectivity index (χ1v) is 9.24. The minimum absolute atomic E-state index is 0.387. The van der Waals surface area contributed by atoms with Crippen LogP contribution in [0.2, 0.25) is 0 Å². The Bertz CT molecular complexity index is 383. The van der Waals surface area contributed by atoms with Crippen molar-refractivity contribution in [1.29, 1.82) is 0 Å². The van der Waals surface area contributed by atoms with E-state index in [2.05, 4.69) is 11.9 Å². The topological polar surface area (TPSA) is 96.5 Å². The number of aliphatic hydroxyl groups is 4. The largest absolute Gasteiger partial charge is 0.388 e. The fraction of sp³-hybridized carbons (Fsp3) is 0.933. The molecule has 2 aliphatic rings. The van der Waals surface area contributed by atoms with E-state index >= 15 is 0 Å².